The van der Waals surface area contributed by atoms with Gasteiger partial charge in [0.2, 0.25) is 18.3 Å². The maximum atomic E-state index is 11.7. The first-order chi connectivity index (χ1) is 13.7. The van der Waals surface area contributed by atoms with Gasteiger partial charge in [-0.2, -0.15) is 0 Å². The van der Waals surface area contributed by atoms with Crippen LogP contribution in [-0.4, -0.2) is 70.9 Å². The Morgan fingerprint density at radius 2 is 1.43 bits per heavy atom. The second-order valence-corrected chi connectivity index (χ2v) is 8.29. The second kappa shape index (κ2) is 11.0. The lowest BCUT2D eigenvalue weighted by atomic mass is 10.4. The molecule has 5 atom stereocenters. The van der Waals surface area contributed by atoms with E-state index in [-0.39, 0.29) is 0 Å². The molecule has 0 aromatic carbocycles. The van der Waals surface area contributed by atoms with E-state index in [0.29, 0.717) is 0 Å². The Bertz CT molecular complexity index is 695. The van der Waals surface area contributed by atoms with Gasteiger partial charge in [0.05, 0.1) is 0 Å². The van der Waals surface area contributed by atoms with Crippen molar-refractivity contribution in [1.82, 2.24) is 0 Å². The molecule has 0 aromatic rings. The Hall–Kier alpha value is -1.82. The normalized spacial score (nSPS) is 26.2. The van der Waals surface area contributed by atoms with Crippen molar-refractivity contribution in [1.29, 1.82) is 5.41 Å². The number of esters is 4. The summed E-state index contributed by atoms with van der Waals surface area (Å²) in [5.41, 5.74) is 0. The summed E-state index contributed by atoms with van der Waals surface area (Å²) in [7, 11) is 0. The van der Waals surface area contributed by atoms with Gasteiger partial charge in [0.15, 0.2) is 12.2 Å². The Kier molecular flexibility index (Phi) is 9.60. The zero-order valence-electron chi connectivity index (χ0n) is 16.3. The lowest BCUT2D eigenvalue weighted by Crippen LogP contribution is -2.63. The molecule has 0 unspecified atom stereocenters. The van der Waals surface area contributed by atoms with Crippen molar-refractivity contribution in [3.63, 3.8) is 0 Å². The van der Waals surface area contributed by atoms with Gasteiger partial charge in [-0.15, -0.1) is 0 Å². The molecule has 30 heavy (non-hydrogen) atoms. The largest absolute Gasteiger partial charge is 0.463 e. The average Bonchev–Trinajstić information content (AvgIpc) is 2.56. The zero-order valence-corrected chi connectivity index (χ0v) is 18.6. The van der Waals surface area contributed by atoms with Gasteiger partial charge in [0.25, 0.3) is 3.79 Å². The molecule has 0 amide bonds. The van der Waals surface area contributed by atoms with Crippen LogP contribution in [0.1, 0.15) is 27.7 Å². The summed E-state index contributed by atoms with van der Waals surface area (Å²) in [6.45, 7) is 3.86. The monoisotopic (exact) mass is 499 g/mol. The molecule has 14 heteroatoms. The van der Waals surface area contributed by atoms with Crippen molar-refractivity contribution < 1.29 is 47.6 Å². The summed E-state index contributed by atoms with van der Waals surface area (Å²) in [6.07, 6.45) is -7.25. The van der Waals surface area contributed by atoms with E-state index in [2.05, 4.69) is 0 Å². The molecule has 0 saturated carbocycles. The SMILES string of the molecule is CC(=O)O[14CH2][14C@H]1O[14C@H](OC(=N)C(Cl)(Cl)Cl)[C@H](OC(C)=O)[C@@H](OC(C)=O)[14C@@H]1OC(C)=O. The summed E-state index contributed by atoms with van der Waals surface area (Å²) >= 11 is 16.8. The molecule has 1 N–H and O–H groups in total. The highest BCUT2D eigenvalue weighted by molar-refractivity contribution is 6.76. The Morgan fingerprint density at radius 1 is 0.900 bits per heavy atom. The zero-order chi connectivity index (χ0) is 23.2. The second-order valence-electron chi connectivity index (χ2n) is 6.01. The Labute approximate surface area is 186 Å². The third-order valence-corrected chi connectivity index (χ3v) is 3.95. The molecule has 0 spiro atoms. The van der Waals surface area contributed by atoms with Crippen LogP contribution in [0.2, 0.25) is 0 Å². The van der Waals surface area contributed by atoms with Crippen LogP contribution in [-0.2, 0) is 47.6 Å². The van der Waals surface area contributed by atoms with E-state index < -0.39 is 70.9 Å². The molecule has 1 aliphatic heterocycles. The third-order valence-electron chi connectivity index (χ3n) is 3.44. The first kappa shape index (κ1) is 26.2. The van der Waals surface area contributed by atoms with Crippen LogP contribution in [0.5, 0.6) is 0 Å². The predicted octanol–water partition coefficient (Wildman–Crippen LogP) is 1.43. The molecule has 1 fully saturated rings. The van der Waals surface area contributed by atoms with Crippen molar-refractivity contribution in [3.8, 4) is 0 Å². The molecule has 1 rings (SSSR count). The number of hydrogen-bond acceptors (Lipinski definition) is 11. The first-order valence-corrected chi connectivity index (χ1v) is 9.48. The number of rotatable bonds is 6. The van der Waals surface area contributed by atoms with E-state index in [4.69, 9.17) is 68.6 Å². The van der Waals surface area contributed by atoms with Crippen LogP contribution in [0.25, 0.3) is 0 Å². The molecule has 1 heterocycles. The standard InChI is InChI=1S/C16H20Cl3NO10/c1-6(21)25-5-10-11(26-7(2)22)12(27-8(3)23)13(28-9(4)24)14(29-10)30-15(20)16(17,18)19/h10-14,20H,5H2,1-4H3/t10-,11-,12+,13-,14-/m1/s1/i5+2,10+2,11+2,14+2. The van der Waals surface area contributed by atoms with E-state index in [9.17, 15) is 19.2 Å². The summed E-state index contributed by atoms with van der Waals surface area (Å²) in [5, 5.41) is 7.74. The highest BCUT2D eigenvalue weighted by Gasteiger charge is 2.54. The van der Waals surface area contributed by atoms with Crippen molar-refractivity contribution in [3.05, 3.63) is 0 Å². The molecule has 1 saturated heterocycles. The molecule has 170 valence electrons. The summed E-state index contributed by atoms with van der Waals surface area (Å²) in [6, 6.07) is 0. The van der Waals surface area contributed by atoms with E-state index in [1.807, 2.05) is 0 Å². The molecular weight excluding hydrogens is 481 g/mol. The lowest BCUT2D eigenvalue weighted by Gasteiger charge is -2.44. The third kappa shape index (κ3) is 8.13. The van der Waals surface area contributed by atoms with Gasteiger partial charge in [-0.3, -0.25) is 24.6 Å². The summed E-state index contributed by atoms with van der Waals surface area (Å²) in [5.74, 6) is -4.03. The van der Waals surface area contributed by atoms with E-state index in [0.717, 1.165) is 27.7 Å². The van der Waals surface area contributed by atoms with Crippen LogP contribution in [0, 0.1) is 5.41 Å². The van der Waals surface area contributed by atoms with Crippen LogP contribution in [0.15, 0.2) is 0 Å². The van der Waals surface area contributed by atoms with Crippen molar-refractivity contribution in [2.45, 2.75) is 62.2 Å². The molecular formula is C16H20Cl3NO10. The van der Waals surface area contributed by atoms with E-state index in [1.54, 1.807) is 0 Å². The lowest BCUT2D eigenvalue weighted by molar-refractivity contribution is -0.292. The number of ether oxygens (including phenoxy) is 6. The Balaban J connectivity index is 3.37. The smallest absolute Gasteiger partial charge is 0.303 e. The molecule has 0 aliphatic carbocycles. The molecule has 0 aromatic heterocycles. The summed E-state index contributed by atoms with van der Waals surface area (Å²) < 4.78 is 28.9. The van der Waals surface area contributed by atoms with Crippen LogP contribution >= 0.6 is 34.8 Å². The fraction of sp³-hybridized carbons (Fsp3) is 0.688. The molecule has 11 nitrogen and oxygen atoms in total. The summed E-state index contributed by atoms with van der Waals surface area (Å²) in [4.78, 5) is 46.1. The number of halogens is 3. The molecule has 1 aliphatic rings. The van der Waals surface area contributed by atoms with Gasteiger partial charge >= 0.3 is 23.9 Å². The minimum absolute atomic E-state index is 0.460. The van der Waals surface area contributed by atoms with Crippen LogP contribution in [0.3, 0.4) is 0 Å². The number of alkyl halides is 3. The van der Waals surface area contributed by atoms with E-state index in [1.165, 1.54) is 0 Å². The maximum absolute atomic E-state index is 11.7. The van der Waals surface area contributed by atoms with Crippen molar-refractivity contribution in [2.24, 2.45) is 0 Å². The number of carbonyl (C=O) groups is 4. The number of nitrogens with one attached hydrogen (secondary N) is 1. The minimum Gasteiger partial charge on any atom is -0.463 e. The topological polar surface area (TPSA) is 148 Å². The fourth-order valence-electron chi connectivity index (χ4n) is 2.47. The van der Waals surface area contributed by atoms with Gasteiger partial charge in [-0.05, 0) is 0 Å². The van der Waals surface area contributed by atoms with Crippen LogP contribution in [0.4, 0.5) is 0 Å². The number of hydrogen-bond donors (Lipinski definition) is 1. The fourth-order valence-corrected chi connectivity index (χ4v) is 2.60. The van der Waals surface area contributed by atoms with Gasteiger partial charge < -0.3 is 28.4 Å². The van der Waals surface area contributed by atoms with Crippen molar-refractivity contribution in [2.75, 3.05) is 6.61 Å². The van der Waals surface area contributed by atoms with Gasteiger partial charge in [0.1, 0.15) is 12.7 Å². The van der Waals surface area contributed by atoms with Gasteiger partial charge in [-0.1, -0.05) is 34.8 Å². The number of carbonyl (C=O) groups excluding carboxylic acids is 4. The van der Waals surface area contributed by atoms with Gasteiger partial charge in [0, 0.05) is 27.7 Å². The predicted molar refractivity (Wildman–Crippen MR) is 101 cm³/mol. The molecule has 0 radical (unpaired) electrons. The van der Waals surface area contributed by atoms with Crippen LogP contribution < -0.4 is 0 Å². The average molecular weight is 501 g/mol. The highest BCUT2D eigenvalue weighted by atomic mass is 35.6. The van der Waals surface area contributed by atoms with Crippen molar-refractivity contribution >= 4 is 64.6 Å². The molecule has 0 bridgehead atoms. The first-order valence-electron chi connectivity index (χ1n) is 8.35. The minimum atomic E-state index is -2.29. The Morgan fingerprint density at radius 3 is 1.87 bits per heavy atom. The van der Waals surface area contributed by atoms with E-state index >= 15 is 0 Å². The van der Waals surface area contributed by atoms with Gasteiger partial charge in [-0.25, -0.2) is 0 Å². The quantitative estimate of drug-likeness (QED) is 0.187. The highest BCUT2D eigenvalue weighted by Crippen LogP contribution is 2.33. The maximum Gasteiger partial charge on any atom is 0.303 e.